The van der Waals surface area contributed by atoms with Crippen molar-refractivity contribution in [2.45, 2.75) is 13.5 Å². The van der Waals surface area contributed by atoms with Crippen LogP contribution < -0.4 is 10.1 Å². The molecule has 0 aliphatic rings. The van der Waals surface area contributed by atoms with Crippen LogP contribution in [0.3, 0.4) is 0 Å². The number of ether oxygens (including phenoxy) is 1. The molecule has 0 amide bonds. The number of nitrogens with one attached hydrogen (secondary N) is 1. The van der Waals surface area contributed by atoms with Crippen LogP contribution in [0.2, 0.25) is 10.0 Å². The number of anilines is 1. The van der Waals surface area contributed by atoms with Crippen LogP contribution in [0.25, 0.3) is 5.69 Å². The number of nitrogens with zero attached hydrogens (tertiary/aromatic N) is 5. The Morgan fingerprint density at radius 2 is 1.93 bits per heavy atom. The average molecular weight is 427 g/mol. The summed E-state index contributed by atoms with van der Waals surface area (Å²) in [7, 11) is 0. The largest absolute Gasteiger partial charge is 0.439 e. The predicted molar refractivity (Wildman–Crippen MR) is 112 cm³/mol. The Kier molecular flexibility index (Phi) is 5.59. The van der Waals surface area contributed by atoms with Gasteiger partial charge in [-0.15, -0.1) is 0 Å². The Morgan fingerprint density at radius 1 is 1.07 bits per heavy atom. The molecule has 0 unspecified atom stereocenters. The van der Waals surface area contributed by atoms with Crippen molar-refractivity contribution in [3.05, 3.63) is 82.0 Å². The first-order valence-corrected chi connectivity index (χ1v) is 9.52. The number of hydrogen-bond acceptors (Lipinski definition) is 6. The number of benzene rings is 2. The van der Waals surface area contributed by atoms with Gasteiger partial charge in [-0.2, -0.15) is 4.68 Å². The summed E-state index contributed by atoms with van der Waals surface area (Å²) in [5.74, 6) is 1.68. The van der Waals surface area contributed by atoms with E-state index in [0.717, 1.165) is 11.1 Å². The third-order valence-corrected chi connectivity index (χ3v) is 4.89. The number of aromatic nitrogens is 5. The Bertz CT molecular complexity index is 1130. The van der Waals surface area contributed by atoms with Crippen molar-refractivity contribution in [1.82, 2.24) is 25.2 Å². The highest BCUT2D eigenvalue weighted by atomic mass is 35.5. The topological polar surface area (TPSA) is 77.8 Å². The molecule has 2 aromatic carbocycles. The van der Waals surface area contributed by atoms with E-state index in [2.05, 4.69) is 25.8 Å². The molecule has 0 saturated carbocycles. The predicted octanol–water partition coefficient (Wildman–Crippen LogP) is 5.08. The molecule has 2 aromatic heterocycles. The van der Waals surface area contributed by atoms with Crippen molar-refractivity contribution in [2.75, 3.05) is 5.32 Å². The third-order valence-electron chi connectivity index (χ3n) is 4.08. The van der Waals surface area contributed by atoms with Crippen LogP contribution in [-0.4, -0.2) is 25.2 Å². The van der Waals surface area contributed by atoms with E-state index in [9.17, 15) is 0 Å². The van der Waals surface area contributed by atoms with E-state index in [-0.39, 0.29) is 0 Å². The van der Waals surface area contributed by atoms with Gasteiger partial charge in [0.1, 0.15) is 5.75 Å². The van der Waals surface area contributed by atoms with E-state index in [1.165, 1.54) is 4.68 Å². The summed E-state index contributed by atoms with van der Waals surface area (Å²) >= 11 is 12.4. The van der Waals surface area contributed by atoms with Gasteiger partial charge in [-0.3, -0.25) is 0 Å². The fraction of sp³-hybridized carbons (Fsp3) is 0.100. The lowest BCUT2D eigenvalue weighted by molar-refractivity contribution is 0.462. The van der Waals surface area contributed by atoms with Crippen LogP contribution >= 0.6 is 23.2 Å². The smallest absolute Gasteiger partial charge is 0.248 e. The number of halogens is 2. The van der Waals surface area contributed by atoms with Gasteiger partial charge in [-0.25, -0.2) is 4.98 Å². The number of tetrazole rings is 1. The van der Waals surface area contributed by atoms with Crippen LogP contribution in [0.4, 0.5) is 5.95 Å². The first kappa shape index (κ1) is 19.2. The first-order valence-electron chi connectivity index (χ1n) is 8.76. The van der Waals surface area contributed by atoms with Crippen molar-refractivity contribution >= 4 is 29.2 Å². The lowest BCUT2D eigenvalue weighted by atomic mass is 10.2. The van der Waals surface area contributed by atoms with E-state index in [1.807, 2.05) is 43.3 Å². The molecule has 4 rings (SSSR count). The lowest BCUT2D eigenvalue weighted by Gasteiger charge is -2.10. The summed E-state index contributed by atoms with van der Waals surface area (Å²) < 4.78 is 7.32. The molecule has 0 atom stereocenters. The fourth-order valence-electron chi connectivity index (χ4n) is 2.65. The minimum Gasteiger partial charge on any atom is -0.439 e. The number of rotatable bonds is 6. The van der Waals surface area contributed by atoms with Crippen LogP contribution in [0.15, 0.2) is 60.8 Å². The molecule has 29 heavy (non-hydrogen) atoms. The molecule has 0 radical (unpaired) electrons. The van der Waals surface area contributed by atoms with Gasteiger partial charge in [0.05, 0.1) is 15.7 Å². The van der Waals surface area contributed by atoms with Gasteiger partial charge in [0.2, 0.25) is 11.8 Å². The minimum absolute atomic E-state index is 0.380. The SMILES string of the molecule is Cc1ccc(Oc2cccc(CNc3nnnn3-c3cccc(Cl)c3Cl)c2)nc1. The third kappa shape index (κ3) is 4.47. The number of hydrogen-bond donors (Lipinski definition) is 1. The second kappa shape index (κ2) is 8.46. The molecule has 0 bridgehead atoms. The quantitative estimate of drug-likeness (QED) is 0.463. The highest BCUT2D eigenvalue weighted by molar-refractivity contribution is 6.43. The molecule has 0 spiro atoms. The molecule has 0 fully saturated rings. The van der Waals surface area contributed by atoms with E-state index in [4.69, 9.17) is 27.9 Å². The molecule has 0 saturated heterocycles. The van der Waals surface area contributed by atoms with Gasteiger partial charge in [0.25, 0.3) is 0 Å². The second-order valence-electron chi connectivity index (χ2n) is 6.26. The monoisotopic (exact) mass is 426 g/mol. The highest BCUT2D eigenvalue weighted by Gasteiger charge is 2.13. The molecule has 0 aliphatic carbocycles. The maximum absolute atomic E-state index is 6.28. The van der Waals surface area contributed by atoms with Crippen molar-refractivity contribution < 1.29 is 4.74 Å². The van der Waals surface area contributed by atoms with Gasteiger partial charge in [-0.05, 0) is 52.7 Å². The van der Waals surface area contributed by atoms with E-state index < -0.39 is 0 Å². The van der Waals surface area contributed by atoms with Crippen molar-refractivity contribution in [2.24, 2.45) is 0 Å². The standard InChI is InChI=1S/C20H16Cl2N6O/c1-13-8-9-18(23-11-13)29-15-5-2-4-14(10-15)12-24-20-25-26-27-28(20)17-7-3-6-16(21)19(17)22/h2-11H,12H2,1H3,(H,24,25,27). The van der Waals surface area contributed by atoms with Gasteiger partial charge >= 0.3 is 0 Å². The van der Waals surface area contributed by atoms with Gasteiger partial charge in [0.15, 0.2) is 0 Å². The molecule has 9 heteroatoms. The van der Waals surface area contributed by atoms with Crippen molar-refractivity contribution in [1.29, 1.82) is 0 Å². The average Bonchev–Trinajstić information content (AvgIpc) is 3.19. The molecular formula is C20H16Cl2N6O. The second-order valence-corrected chi connectivity index (χ2v) is 7.05. The Morgan fingerprint density at radius 3 is 2.76 bits per heavy atom. The summed E-state index contributed by atoms with van der Waals surface area (Å²) in [6.45, 7) is 2.46. The van der Waals surface area contributed by atoms with Gasteiger partial charge < -0.3 is 10.1 Å². The van der Waals surface area contributed by atoms with E-state index in [1.54, 1.807) is 24.4 Å². The summed E-state index contributed by atoms with van der Waals surface area (Å²) in [5, 5.41) is 15.8. The van der Waals surface area contributed by atoms with Gasteiger partial charge in [0, 0.05) is 18.8 Å². The lowest BCUT2D eigenvalue weighted by Crippen LogP contribution is -2.08. The zero-order valence-corrected chi connectivity index (χ0v) is 16.9. The Labute approximate surface area is 177 Å². The fourth-order valence-corrected chi connectivity index (χ4v) is 3.03. The number of pyridine rings is 1. The Balaban J connectivity index is 1.48. The molecule has 0 aliphatic heterocycles. The van der Waals surface area contributed by atoms with Crippen LogP contribution in [0, 0.1) is 6.92 Å². The molecular weight excluding hydrogens is 411 g/mol. The maximum Gasteiger partial charge on any atom is 0.248 e. The summed E-state index contributed by atoms with van der Waals surface area (Å²) in [6, 6.07) is 16.8. The van der Waals surface area contributed by atoms with E-state index in [0.29, 0.717) is 39.9 Å². The van der Waals surface area contributed by atoms with Crippen LogP contribution in [-0.2, 0) is 6.54 Å². The molecule has 7 nitrogen and oxygen atoms in total. The van der Waals surface area contributed by atoms with E-state index >= 15 is 0 Å². The Hall–Kier alpha value is -3.16. The highest BCUT2D eigenvalue weighted by Crippen LogP contribution is 2.29. The normalized spacial score (nSPS) is 10.7. The summed E-state index contributed by atoms with van der Waals surface area (Å²) in [4.78, 5) is 4.26. The first-order chi connectivity index (χ1) is 14.1. The summed E-state index contributed by atoms with van der Waals surface area (Å²) in [6.07, 6.45) is 1.77. The van der Waals surface area contributed by atoms with Gasteiger partial charge in [-0.1, -0.05) is 52.6 Å². The van der Waals surface area contributed by atoms with Crippen LogP contribution in [0.1, 0.15) is 11.1 Å². The zero-order chi connectivity index (χ0) is 20.2. The maximum atomic E-state index is 6.28. The van der Waals surface area contributed by atoms with Crippen LogP contribution in [0.5, 0.6) is 11.6 Å². The van der Waals surface area contributed by atoms with Crippen molar-refractivity contribution in [3.8, 4) is 17.3 Å². The molecule has 1 N–H and O–H groups in total. The summed E-state index contributed by atoms with van der Waals surface area (Å²) in [5.41, 5.74) is 2.66. The number of aryl methyl sites for hydroxylation is 1. The van der Waals surface area contributed by atoms with Crippen molar-refractivity contribution in [3.63, 3.8) is 0 Å². The molecule has 146 valence electrons. The zero-order valence-electron chi connectivity index (χ0n) is 15.4. The molecule has 4 aromatic rings. The minimum atomic E-state index is 0.380. The molecule has 2 heterocycles.